The number of carbonyl (C=O) groups excluding carboxylic acids is 2. The zero-order chi connectivity index (χ0) is 24.2. The molecule has 0 unspecified atom stereocenters. The molecule has 1 saturated heterocycles. The number of ether oxygens (including phenoxy) is 2. The zero-order valence-electron chi connectivity index (χ0n) is 17.9. The quantitative estimate of drug-likeness (QED) is 0.294. The van der Waals surface area contributed by atoms with Crippen LogP contribution in [-0.4, -0.2) is 23.2 Å². The van der Waals surface area contributed by atoms with E-state index in [-0.39, 0.29) is 24.3 Å². The van der Waals surface area contributed by atoms with E-state index in [1.54, 1.807) is 66.7 Å². The Balaban J connectivity index is 1.48. The number of hydrogen-bond acceptors (Lipinski definition) is 5. The maximum atomic E-state index is 12.8. The van der Waals surface area contributed by atoms with Gasteiger partial charge in [-0.15, -0.1) is 0 Å². The Morgan fingerprint density at radius 3 is 2.35 bits per heavy atom. The number of hydrogen-bond donors (Lipinski definition) is 0. The highest BCUT2D eigenvalue weighted by Gasteiger charge is 2.35. The molecule has 0 atom stereocenters. The van der Waals surface area contributed by atoms with E-state index < -0.39 is 0 Å². The van der Waals surface area contributed by atoms with E-state index in [1.807, 2.05) is 0 Å². The summed E-state index contributed by atoms with van der Waals surface area (Å²) in [6.07, 6.45) is 1.66. The first-order valence-electron chi connectivity index (χ1n) is 10.1. The predicted molar refractivity (Wildman–Crippen MR) is 137 cm³/mol. The average Bonchev–Trinajstić information content (AvgIpc) is 3.07. The summed E-state index contributed by atoms with van der Waals surface area (Å²) >= 11 is 19.0. The van der Waals surface area contributed by atoms with Gasteiger partial charge in [0.25, 0.3) is 11.1 Å². The second kappa shape index (κ2) is 10.7. The molecule has 0 aliphatic carbocycles. The van der Waals surface area contributed by atoms with Crippen molar-refractivity contribution in [1.82, 2.24) is 4.90 Å². The molecule has 4 rings (SSSR count). The van der Waals surface area contributed by atoms with Crippen LogP contribution in [0.3, 0.4) is 0 Å². The van der Waals surface area contributed by atoms with Gasteiger partial charge in [0, 0.05) is 20.6 Å². The van der Waals surface area contributed by atoms with Crippen molar-refractivity contribution in [2.24, 2.45) is 0 Å². The predicted octanol–water partition coefficient (Wildman–Crippen LogP) is 7.47. The van der Waals surface area contributed by atoms with E-state index in [9.17, 15) is 9.59 Å². The summed E-state index contributed by atoms with van der Waals surface area (Å²) in [5, 5.41) is 1.33. The lowest BCUT2D eigenvalue weighted by Crippen LogP contribution is -2.27. The van der Waals surface area contributed by atoms with Gasteiger partial charge in [0.05, 0.1) is 18.6 Å². The average molecular weight is 535 g/mol. The molecule has 3 aromatic carbocycles. The van der Waals surface area contributed by atoms with Crippen molar-refractivity contribution in [1.29, 1.82) is 0 Å². The van der Waals surface area contributed by atoms with Gasteiger partial charge in [-0.2, -0.15) is 0 Å². The van der Waals surface area contributed by atoms with Crippen molar-refractivity contribution in [3.8, 4) is 11.5 Å². The number of rotatable bonds is 7. The van der Waals surface area contributed by atoms with Crippen molar-refractivity contribution in [2.45, 2.75) is 13.2 Å². The maximum absolute atomic E-state index is 12.8. The highest BCUT2D eigenvalue weighted by molar-refractivity contribution is 8.18. The van der Waals surface area contributed by atoms with E-state index in [0.717, 1.165) is 22.9 Å². The van der Waals surface area contributed by atoms with Crippen molar-refractivity contribution >= 4 is 63.8 Å². The fourth-order valence-electron chi connectivity index (χ4n) is 3.25. The lowest BCUT2D eigenvalue weighted by molar-refractivity contribution is -0.123. The molecule has 0 bridgehead atoms. The number of amides is 2. The van der Waals surface area contributed by atoms with Gasteiger partial charge in [0.1, 0.15) is 6.61 Å². The Labute approximate surface area is 216 Å². The first-order valence-corrected chi connectivity index (χ1v) is 12.0. The van der Waals surface area contributed by atoms with Gasteiger partial charge in [-0.1, -0.05) is 59.1 Å². The molecule has 1 heterocycles. The molecule has 9 heteroatoms. The van der Waals surface area contributed by atoms with Gasteiger partial charge >= 0.3 is 0 Å². The summed E-state index contributed by atoms with van der Waals surface area (Å²) in [6.45, 7) is 0.415. The molecule has 0 radical (unpaired) electrons. The molecule has 0 N–H and O–H groups in total. The summed E-state index contributed by atoms with van der Waals surface area (Å²) in [5.74, 6) is 0.655. The van der Waals surface area contributed by atoms with Gasteiger partial charge in [-0.05, 0) is 65.4 Å². The van der Waals surface area contributed by atoms with Crippen molar-refractivity contribution < 1.29 is 19.1 Å². The van der Waals surface area contributed by atoms with Crippen LogP contribution in [0.4, 0.5) is 4.79 Å². The minimum atomic E-state index is -0.346. The van der Waals surface area contributed by atoms with Gasteiger partial charge in [-0.25, -0.2) is 0 Å². The first-order chi connectivity index (χ1) is 16.3. The Kier molecular flexibility index (Phi) is 7.73. The maximum Gasteiger partial charge on any atom is 0.293 e. The molecule has 0 aromatic heterocycles. The van der Waals surface area contributed by atoms with Crippen LogP contribution in [0.5, 0.6) is 11.5 Å². The summed E-state index contributed by atoms with van der Waals surface area (Å²) in [6, 6.07) is 17.5. The summed E-state index contributed by atoms with van der Waals surface area (Å²) < 4.78 is 11.3. The molecule has 34 heavy (non-hydrogen) atoms. The fraction of sp³-hybridized carbons (Fsp3) is 0.120. The van der Waals surface area contributed by atoms with Crippen LogP contribution in [-0.2, 0) is 17.9 Å². The van der Waals surface area contributed by atoms with Crippen LogP contribution >= 0.6 is 46.6 Å². The number of benzene rings is 3. The van der Waals surface area contributed by atoms with Crippen LogP contribution in [0.2, 0.25) is 15.1 Å². The minimum absolute atomic E-state index is 0.183. The van der Waals surface area contributed by atoms with Gasteiger partial charge in [-0.3, -0.25) is 14.5 Å². The molecule has 174 valence electrons. The molecular formula is C25H18Cl3NO4S. The molecule has 3 aromatic rings. The SMILES string of the molecule is COc1cc(/C=C2\SC(=O)N(Cc3ccc(Cl)cc3)C2=O)ccc1OCc1ccc(Cl)cc1Cl. The van der Waals surface area contributed by atoms with Crippen LogP contribution < -0.4 is 9.47 Å². The van der Waals surface area contributed by atoms with E-state index >= 15 is 0 Å². The van der Waals surface area contributed by atoms with Crippen LogP contribution in [0.25, 0.3) is 6.08 Å². The zero-order valence-corrected chi connectivity index (χ0v) is 21.0. The van der Waals surface area contributed by atoms with E-state index in [4.69, 9.17) is 44.3 Å². The third kappa shape index (κ3) is 5.70. The molecular weight excluding hydrogens is 517 g/mol. The highest BCUT2D eigenvalue weighted by atomic mass is 35.5. The van der Waals surface area contributed by atoms with Crippen LogP contribution in [0.15, 0.2) is 65.6 Å². The third-order valence-electron chi connectivity index (χ3n) is 5.01. The molecule has 2 amide bonds. The smallest absolute Gasteiger partial charge is 0.293 e. The summed E-state index contributed by atoms with van der Waals surface area (Å²) in [5.41, 5.74) is 2.30. The van der Waals surface area contributed by atoms with Crippen molar-refractivity contribution in [2.75, 3.05) is 7.11 Å². The van der Waals surface area contributed by atoms with Gasteiger partial charge in [0.15, 0.2) is 11.5 Å². The number of carbonyl (C=O) groups is 2. The number of halogens is 3. The second-order valence-corrected chi connectivity index (χ2v) is 9.60. The number of thioether (sulfide) groups is 1. The Morgan fingerprint density at radius 1 is 0.912 bits per heavy atom. The summed E-state index contributed by atoms with van der Waals surface area (Å²) in [4.78, 5) is 26.8. The lowest BCUT2D eigenvalue weighted by atomic mass is 10.1. The highest BCUT2D eigenvalue weighted by Crippen LogP contribution is 2.36. The van der Waals surface area contributed by atoms with Crippen LogP contribution in [0.1, 0.15) is 16.7 Å². The lowest BCUT2D eigenvalue weighted by Gasteiger charge is -2.13. The van der Waals surface area contributed by atoms with E-state index in [0.29, 0.717) is 37.0 Å². The fourth-order valence-corrected chi connectivity index (χ4v) is 4.67. The third-order valence-corrected chi connectivity index (χ3v) is 6.76. The molecule has 1 aliphatic rings. The topological polar surface area (TPSA) is 55.8 Å². The van der Waals surface area contributed by atoms with Gasteiger partial charge < -0.3 is 9.47 Å². The van der Waals surface area contributed by atoms with Crippen molar-refractivity contribution in [3.05, 3.63) is 97.3 Å². The summed E-state index contributed by atoms with van der Waals surface area (Å²) in [7, 11) is 1.53. The largest absolute Gasteiger partial charge is 0.493 e. The second-order valence-electron chi connectivity index (χ2n) is 7.33. The van der Waals surface area contributed by atoms with E-state index in [1.165, 1.54) is 12.0 Å². The Hall–Kier alpha value is -2.64. The standard InChI is InChI=1S/C25H18Cl3NO4S/c1-32-22-10-16(4-9-21(22)33-14-17-5-8-19(27)12-20(17)28)11-23-24(30)29(25(31)34-23)13-15-2-6-18(26)7-3-15/h2-12H,13-14H2,1H3/b23-11-. The minimum Gasteiger partial charge on any atom is -0.493 e. The monoisotopic (exact) mass is 533 g/mol. The van der Waals surface area contributed by atoms with Gasteiger partial charge in [0.2, 0.25) is 0 Å². The van der Waals surface area contributed by atoms with Crippen molar-refractivity contribution in [3.63, 3.8) is 0 Å². The number of nitrogens with zero attached hydrogens (tertiary/aromatic N) is 1. The molecule has 1 fully saturated rings. The number of imide groups is 1. The molecule has 0 spiro atoms. The molecule has 1 aliphatic heterocycles. The normalized spacial score (nSPS) is 14.7. The first kappa shape index (κ1) is 24.5. The van der Waals surface area contributed by atoms with E-state index in [2.05, 4.69) is 0 Å². The Morgan fingerprint density at radius 2 is 1.65 bits per heavy atom. The number of methoxy groups -OCH3 is 1. The molecule has 0 saturated carbocycles. The van der Waals surface area contributed by atoms with Crippen LogP contribution in [0, 0.1) is 0 Å². The molecule has 5 nitrogen and oxygen atoms in total. The Bertz CT molecular complexity index is 1280.